The van der Waals surface area contributed by atoms with Crippen LogP contribution >= 0.6 is 0 Å². The van der Waals surface area contributed by atoms with Crippen LogP contribution in [0.5, 0.6) is 11.5 Å². The lowest BCUT2D eigenvalue weighted by Crippen LogP contribution is -2.31. The van der Waals surface area contributed by atoms with E-state index in [0.29, 0.717) is 17.1 Å². The summed E-state index contributed by atoms with van der Waals surface area (Å²) in [6.45, 7) is 1.03. The summed E-state index contributed by atoms with van der Waals surface area (Å²) in [5.41, 5.74) is 0.760. The molecule has 0 heterocycles. The van der Waals surface area contributed by atoms with Crippen LogP contribution in [0.2, 0.25) is 0 Å². The van der Waals surface area contributed by atoms with E-state index in [2.05, 4.69) is 5.32 Å². The molecule has 28 heavy (non-hydrogen) atoms. The molecule has 0 unspecified atom stereocenters. The van der Waals surface area contributed by atoms with Gasteiger partial charge in [-0.25, -0.2) is 8.78 Å². The molecule has 0 bridgehead atoms. The number of rotatable bonds is 8. The fourth-order valence-electron chi connectivity index (χ4n) is 2.57. The van der Waals surface area contributed by atoms with Crippen LogP contribution < -0.4 is 14.8 Å². The van der Waals surface area contributed by atoms with Crippen LogP contribution in [0.3, 0.4) is 0 Å². The number of esters is 1. The van der Waals surface area contributed by atoms with Gasteiger partial charge >= 0.3 is 5.97 Å². The van der Waals surface area contributed by atoms with Gasteiger partial charge in [0.25, 0.3) is 5.91 Å². The van der Waals surface area contributed by atoms with Crippen molar-refractivity contribution in [2.45, 2.75) is 19.4 Å². The maximum absolute atomic E-state index is 13.7. The number of carbonyl (C=O) groups is 2. The molecule has 2 aromatic carbocycles. The summed E-state index contributed by atoms with van der Waals surface area (Å²) >= 11 is 0. The van der Waals surface area contributed by atoms with Crippen LogP contribution in [0.1, 0.15) is 24.1 Å². The van der Waals surface area contributed by atoms with E-state index in [9.17, 15) is 18.4 Å². The Kier molecular flexibility index (Phi) is 7.31. The Morgan fingerprint density at radius 1 is 1.04 bits per heavy atom. The van der Waals surface area contributed by atoms with Crippen molar-refractivity contribution in [3.63, 3.8) is 0 Å². The van der Waals surface area contributed by atoms with Gasteiger partial charge in [0.2, 0.25) is 0 Å². The number of amides is 1. The van der Waals surface area contributed by atoms with Crippen LogP contribution in [-0.4, -0.2) is 32.7 Å². The third kappa shape index (κ3) is 5.67. The van der Waals surface area contributed by atoms with E-state index in [-0.39, 0.29) is 12.0 Å². The summed E-state index contributed by atoms with van der Waals surface area (Å²) in [5, 5.41) is 2.49. The first-order valence-electron chi connectivity index (χ1n) is 8.45. The van der Waals surface area contributed by atoms with Gasteiger partial charge in [-0.3, -0.25) is 9.59 Å². The van der Waals surface area contributed by atoms with Gasteiger partial charge < -0.3 is 19.5 Å². The first-order valence-corrected chi connectivity index (χ1v) is 8.45. The summed E-state index contributed by atoms with van der Waals surface area (Å²) in [6.07, 6.45) is -0.0597. The number of hydrogen-bond donors (Lipinski definition) is 1. The Balaban J connectivity index is 1.86. The standard InChI is InChI=1S/C20H21F2NO5/c1-12(15-6-5-14(21)10-16(15)22)23-19(24)11-28-20(25)9-13-4-7-17(26-2)18(8-13)27-3/h4-8,10,12H,9,11H2,1-3H3,(H,23,24)/t12-/m0/s1. The summed E-state index contributed by atoms with van der Waals surface area (Å²) in [5.74, 6) is -1.68. The lowest BCUT2D eigenvalue weighted by atomic mass is 10.1. The average Bonchev–Trinajstić information content (AvgIpc) is 2.66. The molecule has 1 atom stereocenters. The van der Waals surface area contributed by atoms with E-state index in [1.54, 1.807) is 25.1 Å². The topological polar surface area (TPSA) is 73.9 Å². The summed E-state index contributed by atoms with van der Waals surface area (Å²) in [7, 11) is 2.98. The summed E-state index contributed by atoms with van der Waals surface area (Å²) in [6, 6.07) is 7.36. The second-order valence-electron chi connectivity index (χ2n) is 5.98. The number of benzene rings is 2. The van der Waals surface area contributed by atoms with Gasteiger partial charge in [-0.2, -0.15) is 0 Å². The highest BCUT2D eigenvalue weighted by atomic mass is 19.1. The molecule has 2 aromatic rings. The number of hydrogen-bond acceptors (Lipinski definition) is 5. The monoisotopic (exact) mass is 393 g/mol. The zero-order chi connectivity index (χ0) is 20.7. The van der Waals surface area contributed by atoms with Crippen molar-refractivity contribution in [2.24, 2.45) is 0 Å². The third-order valence-corrected chi connectivity index (χ3v) is 3.97. The molecule has 6 nitrogen and oxygen atoms in total. The molecule has 2 rings (SSSR count). The lowest BCUT2D eigenvalue weighted by molar-refractivity contribution is -0.148. The van der Waals surface area contributed by atoms with Crippen molar-refractivity contribution in [3.05, 3.63) is 59.2 Å². The molecule has 0 aromatic heterocycles. The Labute approximate surface area is 161 Å². The molecule has 8 heteroatoms. The maximum Gasteiger partial charge on any atom is 0.310 e. The first kappa shape index (κ1) is 21.1. The second kappa shape index (κ2) is 9.68. The molecule has 1 N–H and O–H groups in total. The molecule has 0 aliphatic carbocycles. The first-order chi connectivity index (χ1) is 13.3. The van der Waals surface area contributed by atoms with Crippen molar-refractivity contribution in [1.29, 1.82) is 0 Å². The van der Waals surface area contributed by atoms with Gasteiger partial charge in [0, 0.05) is 11.6 Å². The van der Waals surface area contributed by atoms with Gasteiger partial charge in [-0.15, -0.1) is 0 Å². The normalized spacial score (nSPS) is 11.5. The molecule has 0 aliphatic heterocycles. The Hall–Kier alpha value is -3.16. The predicted molar refractivity (Wildman–Crippen MR) is 97.1 cm³/mol. The minimum Gasteiger partial charge on any atom is -0.493 e. The molecule has 150 valence electrons. The van der Waals surface area contributed by atoms with Crippen LogP contribution in [0.15, 0.2) is 36.4 Å². The fraction of sp³-hybridized carbons (Fsp3) is 0.300. The maximum atomic E-state index is 13.7. The largest absolute Gasteiger partial charge is 0.493 e. The second-order valence-corrected chi connectivity index (χ2v) is 5.98. The molecule has 0 saturated heterocycles. The van der Waals surface area contributed by atoms with E-state index in [0.717, 1.165) is 12.1 Å². The van der Waals surface area contributed by atoms with Crippen LogP contribution in [-0.2, 0) is 20.7 Å². The fourth-order valence-corrected chi connectivity index (χ4v) is 2.57. The molecular formula is C20H21F2NO5. The predicted octanol–water partition coefficient (Wildman–Crippen LogP) is 2.95. The quantitative estimate of drug-likeness (QED) is 0.698. The van der Waals surface area contributed by atoms with E-state index < -0.39 is 36.2 Å². The van der Waals surface area contributed by atoms with Crippen molar-refractivity contribution in [2.75, 3.05) is 20.8 Å². The Morgan fingerprint density at radius 2 is 1.75 bits per heavy atom. The van der Waals surface area contributed by atoms with E-state index >= 15 is 0 Å². The number of ether oxygens (including phenoxy) is 3. The number of methoxy groups -OCH3 is 2. The van der Waals surface area contributed by atoms with E-state index in [1.807, 2.05) is 0 Å². The van der Waals surface area contributed by atoms with Gasteiger partial charge in [-0.1, -0.05) is 12.1 Å². The molecule has 0 saturated carbocycles. The molecular weight excluding hydrogens is 372 g/mol. The zero-order valence-corrected chi connectivity index (χ0v) is 15.8. The highest BCUT2D eigenvalue weighted by Gasteiger charge is 2.16. The summed E-state index contributed by atoms with van der Waals surface area (Å²) < 4.78 is 41.9. The Morgan fingerprint density at radius 3 is 2.39 bits per heavy atom. The van der Waals surface area contributed by atoms with Crippen LogP contribution in [0.4, 0.5) is 8.78 Å². The minimum absolute atomic E-state index is 0.0597. The van der Waals surface area contributed by atoms with Crippen molar-refractivity contribution >= 4 is 11.9 Å². The van der Waals surface area contributed by atoms with Gasteiger partial charge in [0.1, 0.15) is 11.6 Å². The molecule has 1 amide bonds. The highest BCUT2D eigenvalue weighted by Crippen LogP contribution is 2.27. The Bertz CT molecular complexity index is 856. The lowest BCUT2D eigenvalue weighted by Gasteiger charge is -2.15. The smallest absolute Gasteiger partial charge is 0.310 e. The SMILES string of the molecule is COc1ccc(CC(=O)OCC(=O)N[C@@H](C)c2ccc(F)cc2F)cc1OC. The zero-order valence-electron chi connectivity index (χ0n) is 15.8. The average molecular weight is 393 g/mol. The molecule has 0 spiro atoms. The molecule has 0 fully saturated rings. The number of carbonyl (C=O) groups excluding carboxylic acids is 2. The van der Waals surface area contributed by atoms with E-state index in [4.69, 9.17) is 14.2 Å². The highest BCUT2D eigenvalue weighted by molar-refractivity contribution is 5.81. The van der Waals surface area contributed by atoms with Crippen molar-refractivity contribution < 1.29 is 32.6 Å². The number of nitrogens with one attached hydrogen (secondary N) is 1. The third-order valence-electron chi connectivity index (χ3n) is 3.97. The van der Waals surface area contributed by atoms with Gasteiger partial charge in [0.05, 0.1) is 26.7 Å². The van der Waals surface area contributed by atoms with Gasteiger partial charge in [0.15, 0.2) is 18.1 Å². The number of halogens is 2. The summed E-state index contributed by atoms with van der Waals surface area (Å²) in [4.78, 5) is 23.9. The molecule has 0 radical (unpaired) electrons. The minimum atomic E-state index is -0.766. The van der Waals surface area contributed by atoms with Crippen LogP contribution in [0.25, 0.3) is 0 Å². The van der Waals surface area contributed by atoms with Crippen LogP contribution in [0, 0.1) is 11.6 Å². The van der Waals surface area contributed by atoms with E-state index in [1.165, 1.54) is 20.3 Å². The van der Waals surface area contributed by atoms with Crippen molar-refractivity contribution in [3.8, 4) is 11.5 Å². The van der Waals surface area contributed by atoms with Crippen molar-refractivity contribution in [1.82, 2.24) is 5.32 Å². The van der Waals surface area contributed by atoms with Gasteiger partial charge in [-0.05, 0) is 30.7 Å². The molecule has 0 aliphatic rings.